The van der Waals surface area contributed by atoms with Crippen molar-refractivity contribution >= 4 is 17.1 Å². The van der Waals surface area contributed by atoms with E-state index >= 15 is 0 Å². The summed E-state index contributed by atoms with van der Waals surface area (Å²) >= 11 is 0. The summed E-state index contributed by atoms with van der Waals surface area (Å²) in [6, 6.07) is 78.4. The molecular formula is C60H47N. The van der Waals surface area contributed by atoms with Crippen molar-refractivity contribution in [1.82, 2.24) is 0 Å². The van der Waals surface area contributed by atoms with Crippen molar-refractivity contribution < 1.29 is 0 Å². The molecule has 0 atom stereocenters. The minimum atomic E-state index is -0.114. The molecule has 0 spiro atoms. The van der Waals surface area contributed by atoms with Crippen molar-refractivity contribution in [2.24, 2.45) is 0 Å². The summed E-state index contributed by atoms with van der Waals surface area (Å²) in [6.07, 6.45) is 0. The molecule has 1 heteroatoms. The second-order valence-electron chi connectivity index (χ2n) is 17.8. The molecule has 2 aliphatic rings. The SMILES string of the molecule is CC1(C)c2ccccc2-c2ccc(-c3ccc(-c4ccc(N(c5ccc6c(c5)C(C)(C)c5ccccc5-6)c5ccccc5-c5ccc(-c6ccccc6)cc5)cc4)cc3)cc21. The maximum atomic E-state index is 2.44. The first-order valence-corrected chi connectivity index (χ1v) is 21.5. The zero-order valence-electron chi connectivity index (χ0n) is 35.2. The van der Waals surface area contributed by atoms with E-state index in [1.165, 1.54) is 89.0 Å². The lowest BCUT2D eigenvalue weighted by Gasteiger charge is -2.30. The number of fused-ring (bicyclic) bond motifs is 6. The summed E-state index contributed by atoms with van der Waals surface area (Å²) in [7, 11) is 0. The Morgan fingerprint density at radius 1 is 0.262 bits per heavy atom. The van der Waals surface area contributed by atoms with Crippen LogP contribution in [0.5, 0.6) is 0 Å². The largest absolute Gasteiger partial charge is 0.310 e. The van der Waals surface area contributed by atoms with Crippen molar-refractivity contribution in [3.63, 3.8) is 0 Å². The molecule has 0 amide bonds. The molecule has 292 valence electrons. The molecule has 0 N–H and O–H groups in total. The number of benzene rings is 9. The Hall–Kier alpha value is -7.22. The lowest BCUT2D eigenvalue weighted by atomic mass is 9.81. The Kier molecular flexibility index (Phi) is 8.58. The van der Waals surface area contributed by atoms with Gasteiger partial charge < -0.3 is 4.90 Å². The summed E-state index contributed by atoms with van der Waals surface area (Å²) in [5.74, 6) is 0. The molecule has 9 aromatic rings. The third-order valence-electron chi connectivity index (χ3n) is 13.5. The second kappa shape index (κ2) is 14.2. The molecular weight excluding hydrogens is 735 g/mol. The van der Waals surface area contributed by atoms with Gasteiger partial charge in [0, 0.05) is 27.8 Å². The van der Waals surface area contributed by atoms with Crippen LogP contribution in [0.4, 0.5) is 17.1 Å². The Bertz CT molecular complexity index is 3100. The Balaban J connectivity index is 0.960. The van der Waals surface area contributed by atoms with Crippen LogP contribution >= 0.6 is 0 Å². The van der Waals surface area contributed by atoms with Gasteiger partial charge in [-0.2, -0.15) is 0 Å². The van der Waals surface area contributed by atoms with E-state index in [1.54, 1.807) is 0 Å². The highest BCUT2D eigenvalue weighted by molar-refractivity contribution is 5.91. The van der Waals surface area contributed by atoms with Crippen molar-refractivity contribution in [2.75, 3.05) is 4.90 Å². The summed E-state index contributed by atoms with van der Waals surface area (Å²) < 4.78 is 0. The average molecular weight is 782 g/mol. The quantitative estimate of drug-likeness (QED) is 0.156. The first-order valence-electron chi connectivity index (χ1n) is 21.5. The van der Waals surface area contributed by atoms with Gasteiger partial charge in [0.25, 0.3) is 0 Å². The van der Waals surface area contributed by atoms with E-state index in [2.05, 4.69) is 245 Å². The third kappa shape index (κ3) is 6.07. The van der Waals surface area contributed by atoms with Crippen LogP contribution in [-0.4, -0.2) is 0 Å². The zero-order chi connectivity index (χ0) is 41.3. The van der Waals surface area contributed by atoms with Crippen LogP contribution < -0.4 is 4.90 Å². The van der Waals surface area contributed by atoms with Gasteiger partial charge in [0.15, 0.2) is 0 Å². The van der Waals surface area contributed by atoms with Crippen LogP contribution in [0.1, 0.15) is 49.9 Å². The van der Waals surface area contributed by atoms with E-state index in [9.17, 15) is 0 Å². The Morgan fingerprint density at radius 3 is 1.23 bits per heavy atom. The average Bonchev–Trinajstić information content (AvgIpc) is 3.69. The van der Waals surface area contributed by atoms with Gasteiger partial charge >= 0.3 is 0 Å². The van der Waals surface area contributed by atoms with Gasteiger partial charge in [0.1, 0.15) is 0 Å². The molecule has 0 bridgehead atoms. The second-order valence-corrected chi connectivity index (χ2v) is 17.8. The number of hydrogen-bond donors (Lipinski definition) is 0. The van der Waals surface area contributed by atoms with Crippen LogP contribution in [0.2, 0.25) is 0 Å². The number of anilines is 3. The summed E-state index contributed by atoms with van der Waals surface area (Å²) in [5.41, 5.74) is 23.9. The fraction of sp³-hybridized carbons (Fsp3) is 0.100. The normalized spacial score (nSPS) is 13.8. The number of para-hydroxylation sites is 1. The summed E-state index contributed by atoms with van der Waals surface area (Å²) in [5, 5.41) is 0. The van der Waals surface area contributed by atoms with Crippen molar-refractivity contribution in [3.8, 4) is 66.8 Å². The van der Waals surface area contributed by atoms with E-state index in [4.69, 9.17) is 0 Å². The monoisotopic (exact) mass is 781 g/mol. The minimum absolute atomic E-state index is 0.0218. The lowest BCUT2D eigenvalue weighted by molar-refractivity contribution is 0.660. The molecule has 1 nitrogen and oxygen atoms in total. The van der Waals surface area contributed by atoms with Gasteiger partial charge in [-0.1, -0.05) is 204 Å². The van der Waals surface area contributed by atoms with E-state index in [0.29, 0.717) is 0 Å². The lowest BCUT2D eigenvalue weighted by Crippen LogP contribution is -2.16. The molecule has 0 saturated heterocycles. The summed E-state index contributed by atoms with van der Waals surface area (Å²) in [4.78, 5) is 2.44. The van der Waals surface area contributed by atoms with Crippen molar-refractivity contribution in [1.29, 1.82) is 0 Å². The molecule has 0 unspecified atom stereocenters. The highest BCUT2D eigenvalue weighted by atomic mass is 15.1. The standard InChI is InChI=1S/C60H47N/c1-59(2)54-19-11-8-17-50(54)52-36-32-46(38-56(52)59)44-24-22-42(23-25-44)43-30-33-47(34-31-43)61(48-35-37-53-51-18-9-12-20-55(51)60(3,4)57(53)39-48)58-21-13-10-16-49(58)45-28-26-41(27-29-45)40-14-6-5-7-15-40/h5-39H,1-4H3. The molecule has 0 radical (unpaired) electrons. The van der Waals surface area contributed by atoms with Gasteiger partial charge in [0.05, 0.1) is 5.69 Å². The van der Waals surface area contributed by atoms with Crippen LogP contribution in [0.25, 0.3) is 66.8 Å². The molecule has 11 rings (SSSR count). The number of hydrogen-bond acceptors (Lipinski definition) is 1. The molecule has 0 heterocycles. The molecule has 0 fully saturated rings. The highest BCUT2D eigenvalue weighted by Gasteiger charge is 2.37. The molecule has 2 aliphatic carbocycles. The van der Waals surface area contributed by atoms with E-state index < -0.39 is 0 Å². The maximum Gasteiger partial charge on any atom is 0.0540 e. The fourth-order valence-corrected chi connectivity index (χ4v) is 10.2. The first-order chi connectivity index (χ1) is 29.8. The highest BCUT2D eigenvalue weighted by Crippen LogP contribution is 2.52. The molecule has 9 aromatic carbocycles. The van der Waals surface area contributed by atoms with Crippen molar-refractivity contribution in [3.05, 3.63) is 235 Å². The van der Waals surface area contributed by atoms with Crippen LogP contribution in [0.15, 0.2) is 212 Å². The van der Waals surface area contributed by atoms with Gasteiger partial charge in [-0.15, -0.1) is 0 Å². The fourth-order valence-electron chi connectivity index (χ4n) is 10.2. The van der Waals surface area contributed by atoms with E-state index in [0.717, 1.165) is 17.1 Å². The molecule has 61 heavy (non-hydrogen) atoms. The van der Waals surface area contributed by atoms with Gasteiger partial charge in [-0.3, -0.25) is 0 Å². The van der Waals surface area contributed by atoms with Gasteiger partial charge in [-0.25, -0.2) is 0 Å². The van der Waals surface area contributed by atoms with E-state index in [1.807, 2.05) is 0 Å². The van der Waals surface area contributed by atoms with E-state index in [-0.39, 0.29) is 10.8 Å². The third-order valence-corrected chi connectivity index (χ3v) is 13.5. The topological polar surface area (TPSA) is 3.24 Å². The van der Waals surface area contributed by atoms with Crippen LogP contribution in [0.3, 0.4) is 0 Å². The van der Waals surface area contributed by atoms with Crippen LogP contribution in [0, 0.1) is 0 Å². The van der Waals surface area contributed by atoms with Gasteiger partial charge in [0.2, 0.25) is 0 Å². The molecule has 0 aliphatic heterocycles. The summed E-state index contributed by atoms with van der Waals surface area (Å²) in [6.45, 7) is 9.42. The Labute approximate surface area is 360 Å². The molecule has 0 aromatic heterocycles. The number of rotatable bonds is 7. The molecule has 0 saturated carbocycles. The van der Waals surface area contributed by atoms with Gasteiger partial charge in [-0.05, 0) is 120 Å². The first kappa shape index (κ1) is 36.8. The van der Waals surface area contributed by atoms with Crippen LogP contribution in [-0.2, 0) is 10.8 Å². The Morgan fingerprint density at radius 2 is 0.639 bits per heavy atom. The number of nitrogens with zero attached hydrogens (tertiary/aromatic N) is 1. The predicted molar refractivity (Wildman–Crippen MR) is 258 cm³/mol. The predicted octanol–water partition coefficient (Wildman–Crippen LogP) is 16.4. The smallest absolute Gasteiger partial charge is 0.0540 e. The maximum absolute atomic E-state index is 2.44. The zero-order valence-corrected chi connectivity index (χ0v) is 35.2. The minimum Gasteiger partial charge on any atom is -0.310 e. The van der Waals surface area contributed by atoms with Crippen molar-refractivity contribution in [2.45, 2.75) is 38.5 Å².